The van der Waals surface area contributed by atoms with Crippen molar-refractivity contribution < 1.29 is 9.18 Å². The maximum atomic E-state index is 13.5. The van der Waals surface area contributed by atoms with Gasteiger partial charge in [-0.25, -0.2) is 22.8 Å². The summed E-state index contributed by atoms with van der Waals surface area (Å²) >= 11 is 0. The Hall–Kier alpha value is -4.27. The van der Waals surface area contributed by atoms with Crippen LogP contribution in [0.15, 0.2) is 71.8 Å². The Morgan fingerprint density at radius 3 is 2.68 bits per heavy atom. The van der Waals surface area contributed by atoms with Crippen LogP contribution in [0.5, 0.6) is 0 Å². The van der Waals surface area contributed by atoms with Gasteiger partial charge < -0.3 is 5.32 Å². The quantitative estimate of drug-likeness (QED) is 0.488. The van der Waals surface area contributed by atoms with Crippen molar-refractivity contribution in [1.82, 2.24) is 23.8 Å². The molecule has 8 nitrogen and oxygen atoms in total. The molecule has 0 atom stereocenters. The highest BCUT2D eigenvalue weighted by Gasteiger charge is 2.16. The molecule has 31 heavy (non-hydrogen) atoms. The second-order valence-electron chi connectivity index (χ2n) is 7.16. The largest absolute Gasteiger partial charge is 0.350 e. The first-order valence-corrected chi connectivity index (χ1v) is 9.58. The summed E-state index contributed by atoms with van der Waals surface area (Å²) in [5.41, 5.74) is 3.33. The molecule has 0 aliphatic carbocycles. The molecule has 0 radical (unpaired) electrons. The zero-order valence-electron chi connectivity index (χ0n) is 16.5. The fourth-order valence-electron chi connectivity index (χ4n) is 3.44. The minimum atomic E-state index is -0.478. The third kappa shape index (κ3) is 3.35. The molecule has 0 fully saturated rings. The molecule has 0 spiro atoms. The highest BCUT2D eigenvalue weighted by atomic mass is 19.1. The smallest absolute Gasteiger partial charge is 0.324 e. The number of halogens is 1. The number of aromatic nitrogens is 5. The number of aryl methyl sites for hydroxylation is 1. The van der Waals surface area contributed by atoms with E-state index in [0.29, 0.717) is 22.4 Å². The number of carbonyl (C=O) groups is 1. The molecule has 5 aromatic rings. The minimum absolute atomic E-state index is 0.303. The first-order chi connectivity index (χ1) is 15.0. The molecule has 0 aliphatic rings. The Bertz CT molecular complexity index is 1500. The highest BCUT2D eigenvalue weighted by Crippen LogP contribution is 2.21. The predicted molar refractivity (Wildman–Crippen MR) is 113 cm³/mol. The van der Waals surface area contributed by atoms with E-state index in [1.54, 1.807) is 29.9 Å². The Morgan fingerprint density at radius 2 is 1.87 bits per heavy atom. The van der Waals surface area contributed by atoms with Gasteiger partial charge in [0.2, 0.25) is 5.91 Å². The minimum Gasteiger partial charge on any atom is -0.324 e. The van der Waals surface area contributed by atoms with Gasteiger partial charge in [-0.1, -0.05) is 36.4 Å². The molecule has 0 bridgehead atoms. The Morgan fingerprint density at radius 1 is 1.06 bits per heavy atom. The van der Waals surface area contributed by atoms with Crippen LogP contribution in [0.3, 0.4) is 0 Å². The standard InChI is InChI=1S/C22H17FN6O2/c1-14-7-8-16(23)11-17(14)24-20(30)13-29-22(31)27-9-10-28-19(21(27)26-29)12-18(25-28)15-5-3-2-4-6-15/h2-12H,13H2,1H3,(H,24,30). The summed E-state index contributed by atoms with van der Waals surface area (Å²) in [6.07, 6.45) is 3.23. The molecule has 3 aromatic heterocycles. The molecule has 3 heterocycles. The number of amides is 1. The predicted octanol–water partition coefficient (Wildman–Crippen LogP) is 2.90. The normalized spacial score (nSPS) is 11.3. The second kappa shape index (κ2) is 7.21. The van der Waals surface area contributed by atoms with Gasteiger partial charge in [-0.05, 0) is 30.7 Å². The number of anilines is 1. The van der Waals surface area contributed by atoms with Gasteiger partial charge in [0.15, 0.2) is 5.65 Å². The summed E-state index contributed by atoms with van der Waals surface area (Å²) in [7, 11) is 0. The van der Waals surface area contributed by atoms with Gasteiger partial charge in [-0.3, -0.25) is 4.79 Å². The summed E-state index contributed by atoms with van der Waals surface area (Å²) < 4.78 is 17.6. The fraction of sp³-hybridized carbons (Fsp3) is 0.0909. The van der Waals surface area contributed by atoms with Crippen LogP contribution in [-0.2, 0) is 11.3 Å². The summed E-state index contributed by atoms with van der Waals surface area (Å²) in [5.74, 6) is -0.933. The van der Waals surface area contributed by atoms with E-state index in [2.05, 4.69) is 15.5 Å². The summed E-state index contributed by atoms with van der Waals surface area (Å²) in [6.45, 7) is 1.45. The number of nitrogens with one attached hydrogen (secondary N) is 1. The van der Waals surface area contributed by atoms with Crippen LogP contribution in [0.1, 0.15) is 5.56 Å². The average Bonchev–Trinajstić information content (AvgIpc) is 3.33. The van der Waals surface area contributed by atoms with E-state index in [4.69, 9.17) is 0 Å². The molecular weight excluding hydrogens is 399 g/mol. The van der Waals surface area contributed by atoms with Crippen molar-refractivity contribution in [1.29, 1.82) is 0 Å². The van der Waals surface area contributed by atoms with E-state index >= 15 is 0 Å². The molecule has 1 N–H and O–H groups in total. The topological polar surface area (TPSA) is 85.7 Å². The molecule has 1 amide bonds. The number of hydrogen-bond acceptors (Lipinski definition) is 4. The number of hydrogen-bond donors (Lipinski definition) is 1. The average molecular weight is 416 g/mol. The molecule has 0 unspecified atom stereocenters. The van der Waals surface area contributed by atoms with Gasteiger partial charge in [-0.2, -0.15) is 5.10 Å². The van der Waals surface area contributed by atoms with E-state index in [9.17, 15) is 14.0 Å². The lowest BCUT2D eigenvalue weighted by Crippen LogP contribution is -2.28. The maximum absolute atomic E-state index is 13.5. The SMILES string of the molecule is Cc1ccc(F)cc1NC(=O)Cn1nc2c3cc(-c4ccccc4)nn3ccn2c1=O. The number of carbonyl (C=O) groups excluding carboxylic acids is 1. The first-order valence-electron chi connectivity index (χ1n) is 9.58. The van der Waals surface area contributed by atoms with Crippen LogP contribution in [0.25, 0.3) is 22.4 Å². The van der Waals surface area contributed by atoms with Gasteiger partial charge in [0.25, 0.3) is 0 Å². The third-order valence-corrected chi connectivity index (χ3v) is 5.03. The molecular formula is C22H17FN6O2. The zero-order valence-corrected chi connectivity index (χ0v) is 16.5. The lowest BCUT2D eigenvalue weighted by atomic mass is 10.1. The van der Waals surface area contributed by atoms with Gasteiger partial charge in [0, 0.05) is 23.6 Å². The van der Waals surface area contributed by atoms with Crippen molar-refractivity contribution in [3.05, 3.63) is 88.9 Å². The zero-order chi connectivity index (χ0) is 21.5. The molecule has 0 saturated heterocycles. The summed E-state index contributed by atoms with van der Waals surface area (Å²) in [5, 5.41) is 11.5. The Kier molecular flexibility index (Phi) is 4.36. The molecule has 154 valence electrons. The first kappa shape index (κ1) is 18.7. The summed E-state index contributed by atoms with van der Waals surface area (Å²) in [4.78, 5) is 25.2. The van der Waals surface area contributed by atoms with Gasteiger partial charge >= 0.3 is 5.69 Å². The number of nitrogens with zero attached hydrogens (tertiary/aromatic N) is 5. The van der Waals surface area contributed by atoms with Gasteiger partial charge in [-0.15, -0.1) is 5.10 Å². The van der Waals surface area contributed by atoms with E-state index in [-0.39, 0.29) is 6.54 Å². The molecule has 5 rings (SSSR count). The second-order valence-corrected chi connectivity index (χ2v) is 7.16. The number of rotatable bonds is 4. The van der Waals surface area contributed by atoms with Crippen molar-refractivity contribution in [3.8, 4) is 11.3 Å². The molecule has 0 saturated carbocycles. The van der Waals surface area contributed by atoms with E-state index < -0.39 is 17.4 Å². The number of fused-ring (bicyclic) bond motifs is 3. The van der Waals surface area contributed by atoms with Crippen LogP contribution in [0, 0.1) is 12.7 Å². The highest BCUT2D eigenvalue weighted by molar-refractivity contribution is 5.91. The van der Waals surface area contributed by atoms with Gasteiger partial charge in [0.1, 0.15) is 17.9 Å². The molecule has 0 aliphatic heterocycles. The van der Waals surface area contributed by atoms with Crippen molar-refractivity contribution in [3.63, 3.8) is 0 Å². The van der Waals surface area contributed by atoms with Crippen LogP contribution in [-0.4, -0.2) is 29.7 Å². The van der Waals surface area contributed by atoms with Crippen LogP contribution < -0.4 is 11.0 Å². The Balaban J connectivity index is 1.50. The van der Waals surface area contributed by atoms with E-state index in [0.717, 1.165) is 15.9 Å². The number of benzene rings is 2. The van der Waals surface area contributed by atoms with Crippen LogP contribution in [0.4, 0.5) is 10.1 Å². The molecule has 9 heteroatoms. The van der Waals surface area contributed by atoms with Crippen molar-refractivity contribution in [2.24, 2.45) is 0 Å². The van der Waals surface area contributed by atoms with Crippen LogP contribution in [0.2, 0.25) is 0 Å². The van der Waals surface area contributed by atoms with Crippen molar-refractivity contribution in [2.75, 3.05) is 5.32 Å². The monoisotopic (exact) mass is 416 g/mol. The fourth-order valence-corrected chi connectivity index (χ4v) is 3.44. The molecule has 2 aromatic carbocycles. The lowest BCUT2D eigenvalue weighted by molar-refractivity contribution is -0.117. The summed E-state index contributed by atoms with van der Waals surface area (Å²) in [6, 6.07) is 15.6. The Labute approximate surface area is 175 Å². The maximum Gasteiger partial charge on any atom is 0.350 e. The van der Waals surface area contributed by atoms with E-state index in [1.807, 2.05) is 36.4 Å². The third-order valence-electron chi connectivity index (χ3n) is 5.03. The van der Waals surface area contributed by atoms with E-state index in [1.165, 1.54) is 16.5 Å². The van der Waals surface area contributed by atoms with Crippen molar-refractivity contribution >= 4 is 22.8 Å². The lowest BCUT2D eigenvalue weighted by Gasteiger charge is -2.07. The van der Waals surface area contributed by atoms with Gasteiger partial charge in [0.05, 0.1) is 5.69 Å². The van der Waals surface area contributed by atoms with Crippen LogP contribution >= 0.6 is 0 Å². The van der Waals surface area contributed by atoms with Crippen molar-refractivity contribution in [2.45, 2.75) is 13.5 Å².